The van der Waals surface area contributed by atoms with E-state index in [2.05, 4.69) is 17.4 Å². The Labute approximate surface area is 148 Å². The number of aryl methyl sites for hydroxylation is 1. The van der Waals surface area contributed by atoms with Gasteiger partial charge in [0.05, 0.1) is 14.2 Å². The molecule has 0 fully saturated rings. The number of ether oxygens (including phenoxy) is 2. The van der Waals surface area contributed by atoms with Crippen molar-refractivity contribution in [3.05, 3.63) is 58.9 Å². The van der Waals surface area contributed by atoms with Crippen LogP contribution in [0.5, 0.6) is 11.5 Å². The molecule has 3 rings (SSSR count). The van der Waals surface area contributed by atoms with Gasteiger partial charge >= 0.3 is 0 Å². The van der Waals surface area contributed by atoms with Crippen LogP contribution in [-0.2, 0) is 19.4 Å². The summed E-state index contributed by atoms with van der Waals surface area (Å²) in [4.78, 5) is 0. The Hall–Kier alpha value is -1.78. The Morgan fingerprint density at radius 2 is 1.92 bits per heavy atom. The molecule has 1 unspecified atom stereocenters. The molecule has 0 bridgehead atoms. The molecule has 1 atom stereocenters. The number of fused-ring (bicyclic) bond motifs is 1. The predicted molar refractivity (Wildman–Crippen MR) is 95.8 cm³/mol. The maximum Gasteiger partial charge on any atom is 0.197 e. The maximum absolute atomic E-state index is 14.7. The molecule has 130 valence electrons. The molecule has 2 aromatic carbocycles. The first-order chi connectivity index (χ1) is 11.2. The molecule has 1 N–H and O–H groups in total. The van der Waals surface area contributed by atoms with E-state index in [-0.39, 0.29) is 30.0 Å². The van der Waals surface area contributed by atoms with E-state index in [9.17, 15) is 4.39 Å². The van der Waals surface area contributed by atoms with Crippen LogP contribution < -0.4 is 14.8 Å². The van der Waals surface area contributed by atoms with E-state index in [0.29, 0.717) is 12.2 Å². The highest BCUT2D eigenvalue weighted by Crippen LogP contribution is 2.37. The Morgan fingerprint density at radius 3 is 2.58 bits per heavy atom. The van der Waals surface area contributed by atoms with Crippen molar-refractivity contribution in [2.75, 3.05) is 14.2 Å². The Balaban J connectivity index is 0.00000208. The molecule has 0 radical (unpaired) electrons. The number of benzene rings is 2. The van der Waals surface area contributed by atoms with Crippen LogP contribution in [0.2, 0.25) is 0 Å². The summed E-state index contributed by atoms with van der Waals surface area (Å²) in [6.45, 7) is 0.801. The van der Waals surface area contributed by atoms with Gasteiger partial charge in [-0.25, -0.2) is 4.39 Å². The molecule has 3 nitrogen and oxygen atoms in total. The van der Waals surface area contributed by atoms with E-state index in [4.69, 9.17) is 9.47 Å². The summed E-state index contributed by atoms with van der Waals surface area (Å²) in [6.07, 6.45) is 2.52. The van der Waals surface area contributed by atoms with Crippen molar-refractivity contribution in [1.29, 1.82) is 0 Å². The first-order valence-corrected chi connectivity index (χ1v) is 7.92. The lowest BCUT2D eigenvalue weighted by atomic mass is 9.87. The second-order valence-electron chi connectivity index (χ2n) is 5.87. The lowest BCUT2D eigenvalue weighted by Gasteiger charge is -2.27. The molecule has 0 spiro atoms. The standard InChI is InChI=1S/C19H22FNO2.ClH/c1-22-17-10-14-8-9-15(11-16(14)18(20)19(17)23-2)21-12-13-6-4-3-5-7-13;/h3-7,10,15,21H,8-9,11-12H2,1-2H3;1H. The second-order valence-corrected chi connectivity index (χ2v) is 5.87. The lowest BCUT2D eigenvalue weighted by Crippen LogP contribution is -2.34. The third-order valence-electron chi connectivity index (χ3n) is 4.46. The van der Waals surface area contributed by atoms with Crippen molar-refractivity contribution in [3.63, 3.8) is 0 Å². The van der Waals surface area contributed by atoms with Crippen LogP contribution in [0.25, 0.3) is 0 Å². The molecule has 0 saturated heterocycles. The third kappa shape index (κ3) is 3.82. The summed E-state index contributed by atoms with van der Waals surface area (Å²) in [5, 5.41) is 3.53. The van der Waals surface area contributed by atoms with Gasteiger partial charge in [-0.1, -0.05) is 30.3 Å². The van der Waals surface area contributed by atoms with E-state index in [1.807, 2.05) is 24.3 Å². The average molecular weight is 352 g/mol. The number of hydrogen-bond acceptors (Lipinski definition) is 3. The van der Waals surface area contributed by atoms with Crippen LogP contribution in [0.15, 0.2) is 36.4 Å². The Kier molecular flexibility index (Phi) is 6.46. The first-order valence-electron chi connectivity index (χ1n) is 7.92. The summed E-state index contributed by atoms with van der Waals surface area (Å²) >= 11 is 0. The molecule has 2 aromatic rings. The minimum Gasteiger partial charge on any atom is -0.493 e. The molecule has 1 aliphatic carbocycles. The van der Waals surface area contributed by atoms with Gasteiger partial charge in [-0.05, 0) is 42.0 Å². The predicted octanol–water partition coefficient (Wildman–Crippen LogP) is 3.91. The summed E-state index contributed by atoms with van der Waals surface area (Å²) in [5.74, 6) is 0.391. The fourth-order valence-electron chi connectivity index (χ4n) is 3.19. The van der Waals surface area contributed by atoms with E-state index in [0.717, 1.165) is 30.5 Å². The van der Waals surface area contributed by atoms with Crippen LogP contribution >= 0.6 is 12.4 Å². The Morgan fingerprint density at radius 1 is 1.17 bits per heavy atom. The molecule has 0 amide bonds. The number of rotatable bonds is 5. The van der Waals surface area contributed by atoms with Gasteiger partial charge in [0.25, 0.3) is 0 Å². The maximum atomic E-state index is 14.7. The highest BCUT2D eigenvalue weighted by molar-refractivity contribution is 5.85. The van der Waals surface area contributed by atoms with Crippen molar-refractivity contribution in [3.8, 4) is 11.5 Å². The third-order valence-corrected chi connectivity index (χ3v) is 4.46. The molecule has 0 saturated carbocycles. The quantitative estimate of drug-likeness (QED) is 0.885. The van der Waals surface area contributed by atoms with Crippen LogP contribution in [0.4, 0.5) is 4.39 Å². The molecule has 1 aliphatic rings. The van der Waals surface area contributed by atoms with E-state index in [1.165, 1.54) is 19.8 Å². The zero-order chi connectivity index (χ0) is 16.2. The highest BCUT2D eigenvalue weighted by Gasteiger charge is 2.26. The van der Waals surface area contributed by atoms with E-state index < -0.39 is 0 Å². The van der Waals surface area contributed by atoms with E-state index >= 15 is 0 Å². The molecule has 0 aliphatic heterocycles. The normalized spacial score (nSPS) is 16.0. The van der Waals surface area contributed by atoms with Crippen LogP contribution in [0.3, 0.4) is 0 Å². The lowest BCUT2D eigenvalue weighted by molar-refractivity contribution is 0.331. The fraction of sp³-hybridized carbons (Fsp3) is 0.368. The van der Waals surface area contributed by atoms with Crippen LogP contribution in [0, 0.1) is 5.82 Å². The van der Waals surface area contributed by atoms with Gasteiger partial charge in [0.2, 0.25) is 0 Å². The number of halogens is 2. The van der Waals surface area contributed by atoms with Gasteiger partial charge in [-0.2, -0.15) is 0 Å². The summed E-state index contributed by atoms with van der Waals surface area (Å²) in [6, 6.07) is 12.4. The van der Waals surface area contributed by atoms with E-state index in [1.54, 1.807) is 0 Å². The molecule has 0 heterocycles. The van der Waals surface area contributed by atoms with Crippen molar-refractivity contribution in [1.82, 2.24) is 5.32 Å². The number of hydrogen-bond donors (Lipinski definition) is 1. The van der Waals surface area contributed by atoms with Gasteiger partial charge in [-0.3, -0.25) is 0 Å². The van der Waals surface area contributed by atoms with Crippen molar-refractivity contribution in [2.45, 2.75) is 31.8 Å². The molecule has 0 aromatic heterocycles. The Bertz CT molecular complexity index is 679. The summed E-state index contributed by atoms with van der Waals surface area (Å²) in [5.41, 5.74) is 3.02. The van der Waals surface area contributed by atoms with Crippen molar-refractivity contribution < 1.29 is 13.9 Å². The van der Waals surface area contributed by atoms with Crippen molar-refractivity contribution >= 4 is 12.4 Å². The number of nitrogens with one attached hydrogen (secondary N) is 1. The molecular formula is C19H23ClFNO2. The van der Waals surface area contributed by atoms with Gasteiger partial charge < -0.3 is 14.8 Å². The smallest absolute Gasteiger partial charge is 0.197 e. The molecular weight excluding hydrogens is 329 g/mol. The highest BCUT2D eigenvalue weighted by atomic mass is 35.5. The zero-order valence-electron chi connectivity index (χ0n) is 14.0. The zero-order valence-corrected chi connectivity index (χ0v) is 14.8. The van der Waals surface area contributed by atoms with Gasteiger partial charge in [0.15, 0.2) is 17.3 Å². The number of methoxy groups -OCH3 is 2. The molecule has 24 heavy (non-hydrogen) atoms. The van der Waals surface area contributed by atoms with Crippen molar-refractivity contribution in [2.24, 2.45) is 0 Å². The largest absolute Gasteiger partial charge is 0.493 e. The first kappa shape index (κ1) is 18.6. The minimum atomic E-state index is -0.284. The average Bonchev–Trinajstić information content (AvgIpc) is 2.60. The van der Waals surface area contributed by atoms with Gasteiger partial charge in [0, 0.05) is 12.6 Å². The molecule has 5 heteroatoms. The SMILES string of the molecule is COc1cc2c(c(F)c1OC)CC(NCc1ccccc1)CC2.Cl. The van der Waals surface area contributed by atoms with Crippen LogP contribution in [0.1, 0.15) is 23.1 Å². The van der Waals surface area contributed by atoms with Gasteiger partial charge in [-0.15, -0.1) is 12.4 Å². The topological polar surface area (TPSA) is 30.5 Å². The second kappa shape index (κ2) is 8.36. The van der Waals surface area contributed by atoms with Gasteiger partial charge in [0.1, 0.15) is 0 Å². The minimum absolute atomic E-state index is 0. The fourth-order valence-corrected chi connectivity index (χ4v) is 3.19. The monoisotopic (exact) mass is 351 g/mol. The van der Waals surface area contributed by atoms with Crippen LogP contribution in [-0.4, -0.2) is 20.3 Å². The summed E-state index contributed by atoms with van der Waals surface area (Å²) < 4.78 is 25.1. The summed E-state index contributed by atoms with van der Waals surface area (Å²) in [7, 11) is 3.01.